The fourth-order valence-electron chi connectivity index (χ4n) is 1.61. The Balaban J connectivity index is 0.000000684. The molecule has 0 aromatic carbocycles. The van der Waals surface area contributed by atoms with Gasteiger partial charge in [0.1, 0.15) is 0 Å². The lowest BCUT2D eigenvalue weighted by molar-refractivity contribution is -0.132. The maximum atomic E-state index is 11.8. The zero-order valence-corrected chi connectivity index (χ0v) is 14.6. The van der Waals surface area contributed by atoms with Crippen LogP contribution in [0.4, 0.5) is 26.3 Å². The Hall–Kier alpha value is -2.85. The molecule has 1 aromatic heterocycles. The van der Waals surface area contributed by atoms with Crippen molar-refractivity contribution >= 4 is 11.9 Å². The van der Waals surface area contributed by atoms with Gasteiger partial charge >= 0.3 is 18.3 Å². The predicted octanol–water partition coefficient (Wildman–Crippen LogP) is 3.75. The van der Waals surface area contributed by atoms with E-state index in [4.69, 9.17) is 5.11 Å². The van der Waals surface area contributed by atoms with Crippen LogP contribution in [-0.4, -0.2) is 40.9 Å². The van der Waals surface area contributed by atoms with E-state index >= 15 is 0 Å². The quantitative estimate of drug-likeness (QED) is 0.424. The number of alkyl halides is 6. The SMILES string of the molecule is Cc1ccnc(CCCNC(=O)/C=C/C(F)(F)F)c1.O=C(O)/C=C/C(F)(F)F. The van der Waals surface area contributed by atoms with Crippen LogP contribution in [0.15, 0.2) is 42.6 Å². The summed E-state index contributed by atoms with van der Waals surface area (Å²) in [4.78, 5) is 24.7. The van der Waals surface area contributed by atoms with Crippen LogP contribution in [0, 0.1) is 6.92 Å². The van der Waals surface area contributed by atoms with Gasteiger partial charge in [-0.25, -0.2) is 4.79 Å². The summed E-state index contributed by atoms with van der Waals surface area (Å²) in [6, 6.07) is 3.82. The van der Waals surface area contributed by atoms with Crippen LogP contribution in [0.25, 0.3) is 0 Å². The molecule has 0 aliphatic rings. The second kappa shape index (κ2) is 11.8. The van der Waals surface area contributed by atoms with Crippen molar-refractivity contribution in [2.45, 2.75) is 32.1 Å². The van der Waals surface area contributed by atoms with Crippen LogP contribution in [0.5, 0.6) is 0 Å². The lowest BCUT2D eigenvalue weighted by atomic mass is 10.2. The van der Waals surface area contributed by atoms with E-state index in [1.54, 1.807) is 6.20 Å². The number of aryl methyl sites for hydroxylation is 2. The number of aliphatic carboxylic acids is 1. The smallest absolute Gasteiger partial charge is 0.410 e. The number of halogens is 6. The molecule has 156 valence electrons. The van der Waals surface area contributed by atoms with Crippen molar-refractivity contribution < 1.29 is 41.0 Å². The number of nitrogens with one attached hydrogen (secondary N) is 1. The third kappa shape index (κ3) is 16.6. The second-order valence-corrected chi connectivity index (χ2v) is 5.31. The third-order valence-electron chi connectivity index (χ3n) is 2.72. The van der Waals surface area contributed by atoms with Crippen molar-refractivity contribution in [2.24, 2.45) is 0 Å². The number of hydrogen-bond acceptors (Lipinski definition) is 3. The molecule has 2 N–H and O–H groups in total. The van der Waals surface area contributed by atoms with Gasteiger partial charge in [0.25, 0.3) is 0 Å². The zero-order valence-electron chi connectivity index (χ0n) is 14.6. The Morgan fingerprint density at radius 3 is 2.14 bits per heavy atom. The number of carboxylic acid groups (broad SMARTS) is 1. The Morgan fingerprint density at radius 1 is 1.11 bits per heavy atom. The predicted molar refractivity (Wildman–Crippen MR) is 88.3 cm³/mol. The first kappa shape index (κ1) is 25.1. The van der Waals surface area contributed by atoms with Crippen LogP contribution in [0.3, 0.4) is 0 Å². The monoisotopic (exact) mass is 412 g/mol. The van der Waals surface area contributed by atoms with Gasteiger partial charge in [0.2, 0.25) is 5.91 Å². The molecule has 0 spiro atoms. The van der Waals surface area contributed by atoms with Crippen molar-refractivity contribution in [1.29, 1.82) is 0 Å². The van der Waals surface area contributed by atoms with E-state index in [9.17, 15) is 35.9 Å². The highest BCUT2D eigenvalue weighted by molar-refractivity contribution is 5.87. The van der Waals surface area contributed by atoms with Crippen molar-refractivity contribution in [1.82, 2.24) is 10.3 Å². The van der Waals surface area contributed by atoms with Gasteiger partial charge in [0.05, 0.1) is 0 Å². The maximum Gasteiger partial charge on any atom is 0.410 e. The van der Waals surface area contributed by atoms with Gasteiger partial charge in [-0.3, -0.25) is 9.78 Å². The number of rotatable bonds is 6. The number of nitrogens with zero attached hydrogens (tertiary/aromatic N) is 1. The van der Waals surface area contributed by atoms with E-state index < -0.39 is 24.2 Å². The van der Waals surface area contributed by atoms with Crippen LogP contribution in [0.1, 0.15) is 17.7 Å². The van der Waals surface area contributed by atoms with E-state index in [0.717, 1.165) is 11.3 Å². The molecule has 0 radical (unpaired) electrons. The molecule has 0 aliphatic carbocycles. The first-order valence-corrected chi connectivity index (χ1v) is 7.73. The fraction of sp³-hybridized carbons (Fsp3) is 0.353. The van der Waals surface area contributed by atoms with Gasteiger partial charge in [-0.1, -0.05) is 0 Å². The van der Waals surface area contributed by atoms with Crippen molar-refractivity contribution in [2.75, 3.05) is 6.54 Å². The molecule has 0 saturated heterocycles. The number of carbonyl (C=O) groups excluding carboxylic acids is 1. The third-order valence-corrected chi connectivity index (χ3v) is 2.72. The minimum absolute atomic E-state index is 0.0417. The van der Waals surface area contributed by atoms with Gasteiger partial charge in [0.15, 0.2) is 0 Å². The van der Waals surface area contributed by atoms with Crippen LogP contribution in [0.2, 0.25) is 0 Å². The van der Waals surface area contributed by atoms with Crippen LogP contribution >= 0.6 is 0 Å². The first-order valence-electron chi connectivity index (χ1n) is 7.73. The van der Waals surface area contributed by atoms with Gasteiger partial charge in [-0.2, -0.15) is 26.3 Å². The molecule has 5 nitrogen and oxygen atoms in total. The highest BCUT2D eigenvalue weighted by Gasteiger charge is 2.22. The minimum atomic E-state index is -4.53. The summed E-state index contributed by atoms with van der Waals surface area (Å²) in [5, 5.41) is 10.1. The normalized spacial score (nSPS) is 12.0. The molecule has 1 heterocycles. The molecule has 1 aromatic rings. The van der Waals surface area contributed by atoms with Crippen molar-refractivity contribution in [3.63, 3.8) is 0 Å². The molecule has 28 heavy (non-hydrogen) atoms. The summed E-state index contributed by atoms with van der Waals surface area (Å²) in [7, 11) is 0. The van der Waals surface area contributed by atoms with Crippen molar-refractivity contribution in [3.8, 4) is 0 Å². The van der Waals surface area contributed by atoms with E-state index in [1.807, 2.05) is 19.1 Å². The maximum absolute atomic E-state index is 11.8. The number of allylic oxidation sites excluding steroid dienone is 2. The van der Waals surface area contributed by atoms with Gasteiger partial charge in [0, 0.05) is 42.7 Å². The largest absolute Gasteiger partial charge is 0.478 e. The summed E-state index contributed by atoms with van der Waals surface area (Å²) in [5.74, 6) is -2.35. The van der Waals surface area contributed by atoms with Crippen LogP contribution in [-0.2, 0) is 16.0 Å². The molecule has 0 fully saturated rings. The summed E-state index contributed by atoms with van der Waals surface area (Å²) in [5.41, 5.74) is 2.00. The molecule has 0 aliphatic heterocycles. The molecule has 11 heteroatoms. The average molecular weight is 412 g/mol. The zero-order chi connectivity index (χ0) is 21.8. The Bertz CT molecular complexity index is 697. The molecule has 1 rings (SSSR count). The Morgan fingerprint density at radius 2 is 1.68 bits per heavy atom. The number of pyridine rings is 1. The number of carbonyl (C=O) groups is 2. The molecule has 1 amide bonds. The Labute approximate surface area is 156 Å². The molecular weight excluding hydrogens is 394 g/mol. The minimum Gasteiger partial charge on any atom is -0.478 e. The van der Waals surface area contributed by atoms with Gasteiger partial charge in [-0.15, -0.1) is 0 Å². The summed E-state index contributed by atoms with van der Waals surface area (Å²) in [6.07, 6.45) is -5.87. The fourth-order valence-corrected chi connectivity index (χ4v) is 1.61. The second-order valence-electron chi connectivity index (χ2n) is 5.31. The molecule has 0 atom stereocenters. The average Bonchev–Trinajstić information content (AvgIpc) is 2.54. The number of aromatic nitrogens is 1. The molecule has 0 unspecified atom stereocenters. The van der Waals surface area contributed by atoms with E-state index in [2.05, 4.69) is 10.3 Å². The Kier molecular flexibility index (Phi) is 10.6. The molecule has 0 bridgehead atoms. The number of amides is 1. The lowest BCUT2D eigenvalue weighted by Crippen LogP contribution is -2.23. The number of hydrogen-bond donors (Lipinski definition) is 2. The highest BCUT2D eigenvalue weighted by atomic mass is 19.4. The summed E-state index contributed by atoms with van der Waals surface area (Å²) >= 11 is 0. The van der Waals surface area contributed by atoms with Crippen molar-refractivity contribution in [3.05, 3.63) is 53.9 Å². The standard InChI is InChI=1S/C13H15F3N2O.C4H3F3O2/c1-10-5-8-17-11(9-10)3-2-7-18-12(19)4-6-13(14,15)16;5-4(6,7)2-1-3(8)9/h4-6,8-9H,2-3,7H2,1H3,(H,18,19);1-2H,(H,8,9)/b6-4+;2-1+. The molecule has 0 saturated carbocycles. The van der Waals surface area contributed by atoms with Gasteiger partial charge < -0.3 is 10.4 Å². The lowest BCUT2D eigenvalue weighted by Gasteiger charge is -2.03. The van der Waals surface area contributed by atoms with E-state index in [-0.39, 0.29) is 18.2 Å². The topological polar surface area (TPSA) is 79.3 Å². The summed E-state index contributed by atoms with van der Waals surface area (Å²) < 4.78 is 68.6. The highest BCUT2D eigenvalue weighted by Crippen LogP contribution is 2.16. The van der Waals surface area contributed by atoms with E-state index in [0.29, 0.717) is 25.5 Å². The molecular formula is C17H18F6N2O3. The van der Waals surface area contributed by atoms with E-state index in [1.165, 1.54) is 0 Å². The number of carboxylic acids is 1. The summed E-state index contributed by atoms with van der Waals surface area (Å²) in [6.45, 7) is 2.27. The van der Waals surface area contributed by atoms with Gasteiger partial charge in [-0.05, 0) is 37.5 Å². The first-order chi connectivity index (χ1) is 12.8. The van der Waals surface area contributed by atoms with Crippen LogP contribution < -0.4 is 5.32 Å².